The van der Waals surface area contributed by atoms with E-state index in [1.54, 1.807) is 25.3 Å². The second kappa shape index (κ2) is 6.57. The molecule has 1 aromatic rings. The van der Waals surface area contributed by atoms with E-state index in [1.807, 2.05) is 0 Å². The van der Waals surface area contributed by atoms with E-state index in [0.717, 1.165) is 12.2 Å². The summed E-state index contributed by atoms with van der Waals surface area (Å²) < 4.78 is 10.9. The number of carboxylic acids is 1. The third kappa shape index (κ3) is 3.70. The maximum absolute atomic E-state index is 11.0. The molecule has 0 radical (unpaired) electrons. The second-order valence-electron chi connectivity index (χ2n) is 5.00. The van der Waals surface area contributed by atoms with Gasteiger partial charge in [0.1, 0.15) is 5.75 Å². The zero-order valence-corrected chi connectivity index (χ0v) is 11.2. The third-order valence-corrected chi connectivity index (χ3v) is 3.61. The molecule has 1 N–H and O–H groups in total. The van der Waals surface area contributed by atoms with Crippen LogP contribution in [0.3, 0.4) is 0 Å². The summed E-state index contributed by atoms with van der Waals surface area (Å²) in [4.78, 5) is 11.0. The predicted octanol–water partition coefficient (Wildman–Crippen LogP) is 3.10. The van der Waals surface area contributed by atoms with E-state index in [4.69, 9.17) is 14.6 Å². The lowest BCUT2D eigenvalue weighted by Crippen LogP contribution is -2.07. The molecule has 2 rings (SSSR count). The summed E-state index contributed by atoms with van der Waals surface area (Å²) >= 11 is 0. The lowest BCUT2D eigenvalue weighted by Gasteiger charge is -2.12. The van der Waals surface area contributed by atoms with Crippen molar-refractivity contribution in [3.63, 3.8) is 0 Å². The highest BCUT2D eigenvalue weighted by molar-refractivity contribution is 5.88. The molecular weight excluding hydrogens is 244 g/mol. The number of hydrogen-bond donors (Lipinski definition) is 1. The zero-order chi connectivity index (χ0) is 13.7. The van der Waals surface area contributed by atoms with Gasteiger partial charge in [0.2, 0.25) is 0 Å². The highest BCUT2D eigenvalue weighted by Crippen LogP contribution is 2.26. The van der Waals surface area contributed by atoms with Crippen LogP contribution in [0.5, 0.6) is 5.75 Å². The van der Waals surface area contributed by atoms with E-state index in [0.29, 0.717) is 18.3 Å². The van der Waals surface area contributed by atoms with Gasteiger partial charge in [-0.15, -0.1) is 0 Å². The van der Waals surface area contributed by atoms with Crippen molar-refractivity contribution in [2.75, 3.05) is 13.7 Å². The van der Waals surface area contributed by atoms with Crippen LogP contribution >= 0.6 is 0 Å². The van der Waals surface area contributed by atoms with E-state index >= 15 is 0 Å². The number of rotatable bonds is 6. The number of aromatic carboxylic acids is 1. The minimum absolute atomic E-state index is 0.264. The van der Waals surface area contributed by atoms with Gasteiger partial charge in [0.05, 0.1) is 19.3 Å². The molecule has 0 bridgehead atoms. The zero-order valence-electron chi connectivity index (χ0n) is 11.2. The Labute approximate surface area is 113 Å². The molecule has 0 atom stereocenters. The van der Waals surface area contributed by atoms with E-state index in [1.165, 1.54) is 25.7 Å². The Morgan fingerprint density at radius 2 is 2.11 bits per heavy atom. The lowest BCUT2D eigenvalue weighted by atomic mass is 10.1. The number of methoxy groups -OCH3 is 1. The maximum Gasteiger partial charge on any atom is 0.335 e. The van der Waals surface area contributed by atoms with E-state index in [2.05, 4.69) is 0 Å². The van der Waals surface area contributed by atoms with Crippen LogP contribution in [0.1, 0.15) is 41.6 Å². The first kappa shape index (κ1) is 13.9. The summed E-state index contributed by atoms with van der Waals surface area (Å²) in [6, 6.07) is 4.84. The second-order valence-corrected chi connectivity index (χ2v) is 5.00. The van der Waals surface area contributed by atoms with Gasteiger partial charge in [-0.2, -0.15) is 0 Å². The van der Waals surface area contributed by atoms with Crippen LogP contribution in [0.2, 0.25) is 0 Å². The highest BCUT2D eigenvalue weighted by Gasteiger charge is 2.15. The van der Waals surface area contributed by atoms with Gasteiger partial charge in [-0.25, -0.2) is 4.79 Å². The van der Waals surface area contributed by atoms with Crippen molar-refractivity contribution < 1.29 is 19.4 Å². The van der Waals surface area contributed by atoms with Gasteiger partial charge >= 0.3 is 5.97 Å². The molecule has 1 aliphatic carbocycles. The van der Waals surface area contributed by atoms with Crippen molar-refractivity contribution in [1.29, 1.82) is 0 Å². The Morgan fingerprint density at radius 3 is 2.74 bits per heavy atom. The van der Waals surface area contributed by atoms with Gasteiger partial charge in [-0.1, -0.05) is 12.8 Å². The van der Waals surface area contributed by atoms with Gasteiger partial charge in [0.15, 0.2) is 0 Å². The van der Waals surface area contributed by atoms with E-state index < -0.39 is 5.97 Å². The fourth-order valence-corrected chi connectivity index (χ4v) is 2.54. The average Bonchev–Trinajstić information content (AvgIpc) is 2.91. The monoisotopic (exact) mass is 264 g/mol. The average molecular weight is 264 g/mol. The minimum atomic E-state index is -0.931. The fourth-order valence-electron chi connectivity index (χ4n) is 2.54. The molecule has 1 saturated carbocycles. The summed E-state index contributed by atoms with van der Waals surface area (Å²) in [5.41, 5.74) is 1.06. The van der Waals surface area contributed by atoms with Crippen molar-refractivity contribution in [3.8, 4) is 5.75 Å². The first-order valence-electron chi connectivity index (χ1n) is 6.68. The normalized spacial score (nSPS) is 15.6. The standard InChI is InChI=1S/C15H20O4/c1-18-14-7-6-12(15(16)17)8-13(14)10-19-9-11-4-2-3-5-11/h6-8,11H,2-5,9-10H2,1H3,(H,16,17). The van der Waals surface area contributed by atoms with Gasteiger partial charge in [0.25, 0.3) is 0 Å². The Kier molecular flexibility index (Phi) is 4.80. The SMILES string of the molecule is COc1ccc(C(=O)O)cc1COCC1CCCC1. The Hall–Kier alpha value is -1.55. The molecule has 0 aromatic heterocycles. The summed E-state index contributed by atoms with van der Waals surface area (Å²) in [6.07, 6.45) is 5.08. The summed E-state index contributed by atoms with van der Waals surface area (Å²) in [5.74, 6) is 0.407. The fraction of sp³-hybridized carbons (Fsp3) is 0.533. The smallest absolute Gasteiger partial charge is 0.335 e. The number of hydrogen-bond acceptors (Lipinski definition) is 3. The number of carboxylic acid groups (broad SMARTS) is 1. The molecular formula is C15H20O4. The van der Waals surface area contributed by atoms with Crippen molar-refractivity contribution >= 4 is 5.97 Å². The molecule has 104 valence electrons. The molecule has 0 aliphatic heterocycles. The molecule has 1 fully saturated rings. The highest BCUT2D eigenvalue weighted by atomic mass is 16.5. The van der Waals surface area contributed by atoms with E-state index in [-0.39, 0.29) is 5.56 Å². The molecule has 1 aromatic carbocycles. The third-order valence-electron chi connectivity index (χ3n) is 3.61. The summed E-state index contributed by atoms with van der Waals surface area (Å²) in [7, 11) is 1.58. The maximum atomic E-state index is 11.0. The van der Waals surface area contributed by atoms with Crippen LogP contribution in [0.15, 0.2) is 18.2 Å². The quantitative estimate of drug-likeness (QED) is 0.857. The summed E-state index contributed by atoms with van der Waals surface area (Å²) in [6.45, 7) is 1.15. The first-order valence-corrected chi connectivity index (χ1v) is 6.68. The van der Waals surface area contributed by atoms with Gasteiger partial charge < -0.3 is 14.6 Å². The van der Waals surface area contributed by atoms with Crippen molar-refractivity contribution in [1.82, 2.24) is 0 Å². The Bertz CT molecular complexity index is 436. The molecule has 4 nitrogen and oxygen atoms in total. The van der Waals surface area contributed by atoms with Crippen LogP contribution in [-0.2, 0) is 11.3 Å². The Balaban J connectivity index is 1.96. The molecule has 0 amide bonds. The number of carbonyl (C=O) groups is 1. The van der Waals surface area contributed by atoms with Crippen LogP contribution in [-0.4, -0.2) is 24.8 Å². The topological polar surface area (TPSA) is 55.8 Å². The molecule has 0 saturated heterocycles. The number of ether oxygens (including phenoxy) is 2. The van der Waals surface area contributed by atoms with E-state index in [9.17, 15) is 4.79 Å². The number of benzene rings is 1. The van der Waals surface area contributed by atoms with Crippen molar-refractivity contribution in [3.05, 3.63) is 29.3 Å². The van der Waals surface area contributed by atoms with Gasteiger partial charge in [-0.05, 0) is 37.0 Å². The molecule has 1 aliphatic rings. The molecule has 0 unspecified atom stereocenters. The van der Waals surface area contributed by atoms with Crippen LogP contribution in [0.25, 0.3) is 0 Å². The van der Waals surface area contributed by atoms with Gasteiger partial charge in [-0.3, -0.25) is 0 Å². The molecule has 19 heavy (non-hydrogen) atoms. The largest absolute Gasteiger partial charge is 0.496 e. The minimum Gasteiger partial charge on any atom is -0.496 e. The summed E-state index contributed by atoms with van der Waals surface area (Å²) in [5, 5.41) is 8.99. The van der Waals surface area contributed by atoms with Crippen molar-refractivity contribution in [2.24, 2.45) is 5.92 Å². The van der Waals surface area contributed by atoms with Crippen LogP contribution in [0, 0.1) is 5.92 Å². The first-order chi connectivity index (χ1) is 9.20. The van der Waals surface area contributed by atoms with Crippen LogP contribution in [0.4, 0.5) is 0 Å². The Morgan fingerprint density at radius 1 is 1.37 bits per heavy atom. The van der Waals surface area contributed by atoms with Gasteiger partial charge in [0, 0.05) is 12.2 Å². The molecule has 0 heterocycles. The lowest BCUT2D eigenvalue weighted by molar-refractivity contribution is 0.0695. The van der Waals surface area contributed by atoms with Crippen LogP contribution < -0.4 is 4.74 Å². The molecule has 4 heteroatoms. The molecule has 0 spiro atoms. The predicted molar refractivity (Wildman–Crippen MR) is 71.6 cm³/mol. The van der Waals surface area contributed by atoms with Crippen molar-refractivity contribution in [2.45, 2.75) is 32.3 Å².